The summed E-state index contributed by atoms with van der Waals surface area (Å²) in [5.41, 5.74) is 5.67. The summed E-state index contributed by atoms with van der Waals surface area (Å²) in [7, 11) is 0. The fraction of sp³-hybridized carbons (Fsp3) is 0.941. The van der Waals surface area contributed by atoms with Crippen molar-refractivity contribution in [1.82, 2.24) is 10.2 Å². The number of rotatable bonds is 10. The largest absolute Gasteiger partial charge is 0.355 e. The van der Waals surface area contributed by atoms with E-state index in [0.29, 0.717) is 12.6 Å². The van der Waals surface area contributed by atoms with Crippen LogP contribution in [0, 0.1) is 0 Å². The van der Waals surface area contributed by atoms with E-state index >= 15 is 0 Å². The number of hydrogen-bond donors (Lipinski definition) is 2. The van der Waals surface area contributed by atoms with Crippen LogP contribution in [0.5, 0.6) is 0 Å². The van der Waals surface area contributed by atoms with E-state index in [0.717, 1.165) is 25.9 Å². The lowest BCUT2D eigenvalue weighted by molar-refractivity contribution is -0.127. The smallest absolute Gasteiger partial charge is 0.237 e. The number of nitrogens with zero attached hydrogens (tertiary/aromatic N) is 1. The molecule has 1 rings (SSSR count). The van der Waals surface area contributed by atoms with Crippen molar-refractivity contribution < 1.29 is 4.79 Å². The fourth-order valence-electron chi connectivity index (χ4n) is 3.26. The standard InChI is InChI=1S/C17H35N3O/c1-3-4-8-13-19-17(21)15(2)20(14-9-12-18)16-10-6-5-7-11-16/h15-16H,3-14,18H2,1-2H3,(H,19,21). The van der Waals surface area contributed by atoms with E-state index in [-0.39, 0.29) is 11.9 Å². The molecule has 21 heavy (non-hydrogen) atoms. The molecule has 0 aromatic carbocycles. The molecule has 3 N–H and O–H groups in total. The predicted octanol–water partition coefficient (Wildman–Crippen LogP) is 2.66. The number of unbranched alkanes of at least 4 members (excludes halogenated alkanes) is 2. The highest BCUT2D eigenvalue weighted by atomic mass is 16.2. The molecule has 0 aliphatic heterocycles. The van der Waals surface area contributed by atoms with Crippen molar-refractivity contribution in [2.45, 2.75) is 83.7 Å². The lowest BCUT2D eigenvalue weighted by Crippen LogP contribution is -2.51. The van der Waals surface area contributed by atoms with Crippen LogP contribution in [0.2, 0.25) is 0 Å². The monoisotopic (exact) mass is 297 g/mol. The van der Waals surface area contributed by atoms with Gasteiger partial charge in [-0.25, -0.2) is 0 Å². The minimum atomic E-state index is -0.0266. The molecule has 0 spiro atoms. The zero-order valence-corrected chi connectivity index (χ0v) is 14.1. The molecule has 0 radical (unpaired) electrons. The van der Waals surface area contributed by atoms with E-state index in [1.807, 2.05) is 0 Å². The first-order valence-electron chi connectivity index (χ1n) is 8.94. The van der Waals surface area contributed by atoms with Crippen LogP contribution in [0.1, 0.15) is 71.6 Å². The van der Waals surface area contributed by atoms with Crippen LogP contribution in [0.25, 0.3) is 0 Å². The molecule has 0 heterocycles. The third kappa shape index (κ3) is 6.79. The van der Waals surface area contributed by atoms with Gasteiger partial charge in [-0.2, -0.15) is 0 Å². The van der Waals surface area contributed by atoms with Gasteiger partial charge in [-0.3, -0.25) is 9.69 Å². The lowest BCUT2D eigenvalue weighted by Gasteiger charge is -2.38. The average Bonchev–Trinajstić information content (AvgIpc) is 2.52. The predicted molar refractivity (Wildman–Crippen MR) is 89.2 cm³/mol. The minimum Gasteiger partial charge on any atom is -0.355 e. The Morgan fingerprint density at radius 2 is 1.95 bits per heavy atom. The van der Waals surface area contributed by atoms with Gasteiger partial charge in [0.2, 0.25) is 5.91 Å². The average molecular weight is 297 g/mol. The van der Waals surface area contributed by atoms with Crippen molar-refractivity contribution in [3.63, 3.8) is 0 Å². The summed E-state index contributed by atoms with van der Waals surface area (Å²) in [5, 5.41) is 3.10. The van der Waals surface area contributed by atoms with E-state index in [2.05, 4.69) is 24.1 Å². The molecule has 1 saturated carbocycles. The van der Waals surface area contributed by atoms with Crippen LogP contribution in [0.3, 0.4) is 0 Å². The van der Waals surface area contributed by atoms with Gasteiger partial charge in [0.15, 0.2) is 0 Å². The third-order valence-corrected chi connectivity index (χ3v) is 4.62. The molecule has 0 saturated heterocycles. The van der Waals surface area contributed by atoms with E-state index in [9.17, 15) is 4.79 Å². The highest BCUT2D eigenvalue weighted by molar-refractivity contribution is 5.81. The number of nitrogens with one attached hydrogen (secondary N) is 1. The molecule has 1 amide bonds. The van der Waals surface area contributed by atoms with Crippen molar-refractivity contribution in [3.8, 4) is 0 Å². The van der Waals surface area contributed by atoms with Crippen LogP contribution in [-0.4, -0.2) is 42.5 Å². The Hall–Kier alpha value is -0.610. The summed E-state index contributed by atoms with van der Waals surface area (Å²) >= 11 is 0. The van der Waals surface area contributed by atoms with Crippen LogP contribution in [0.4, 0.5) is 0 Å². The Morgan fingerprint density at radius 1 is 1.24 bits per heavy atom. The number of carbonyl (C=O) groups is 1. The summed E-state index contributed by atoms with van der Waals surface area (Å²) in [4.78, 5) is 14.8. The van der Waals surface area contributed by atoms with Crippen LogP contribution >= 0.6 is 0 Å². The molecule has 1 unspecified atom stereocenters. The third-order valence-electron chi connectivity index (χ3n) is 4.62. The Morgan fingerprint density at radius 3 is 2.57 bits per heavy atom. The van der Waals surface area contributed by atoms with E-state index in [1.165, 1.54) is 44.9 Å². The molecule has 0 aromatic heterocycles. The molecule has 1 atom stereocenters. The van der Waals surface area contributed by atoms with Crippen molar-refractivity contribution in [2.24, 2.45) is 5.73 Å². The molecule has 0 aromatic rings. The molecule has 1 aliphatic rings. The van der Waals surface area contributed by atoms with Crippen molar-refractivity contribution in [3.05, 3.63) is 0 Å². The summed E-state index contributed by atoms with van der Waals surface area (Å²) in [5.74, 6) is 0.189. The summed E-state index contributed by atoms with van der Waals surface area (Å²) in [6.45, 7) is 6.70. The normalized spacial score (nSPS) is 17.9. The van der Waals surface area contributed by atoms with Gasteiger partial charge >= 0.3 is 0 Å². The topological polar surface area (TPSA) is 58.4 Å². The summed E-state index contributed by atoms with van der Waals surface area (Å²) < 4.78 is 0. The van der Waals surface area contributed by atoms with Gasteiger partial charge in [0, 0.05) is 19.1 Å². The number of carbonyl (C=O) groups excluding carboxylic acids is 1. The maximum Gasteiger partial charge on any atom is 0.237 e. The van der Waals surface area contributed by atoms with Crippen LogP contribution in [0.15, 0.2) is 0 Å². The van der Waals surface area contributed by atoms with Gasteiger partial charge in [0.25, 0.3) is 0 Å². The Kier molecular flexibility index (Phi) is 9.68. The van der Waals surface area contributed by atoms with Crippen LogP contribution in [-0.2, 0) is 4.79 Å². The summed E-state index contributed by atoms with van der Waals surface area (Å²) in [6.07, 6.45) is 10.9. The Balaban J connectivity index is 2.48. The molecule has 1 aliphatic carbocycles. The fourth-order valence-corrected chi connectivity index (χ4v) is 3.26. The number of nitrogens with two attached hydrogens (primary N) is 1. The maximum absolute atomic E-state index is 12.4. The zero-order chi connectivity index (χ0) is 15.5. The highest BCUT2D eigenvalue weighted by Crippen LogP contribution is 2.24. The molecule has 4 heteroatoms. The maximum atomic E-state index is 12.4. The first-order valence-corrected chi connectivity index (χ1v) is 8.94. The SMILES string of the molecule is CCCCCNC(=O)C(C)N(CCCN)C1CCCCC1. The van der Waals surface area contributed by atoms with Gasteiger partial charge in [-0.1, -0.05) is 39.0 Å². The molecular weight excluding hydrogens is 262 g/mol. The van der Waals surface area contributed by atoms with Crippen molar-refractivity contribution in [1.29, 1.82) is 0 Å². The second-order valence-electron chi connectivity index (χ2n) is 6.35. The second kappa shape index (κ2) is 11.0. The zero-order valence-electron chi connectivity index (χ0n) is 14.1. The molecule has 124 valence electrons. The quantitative estimate of drug-likeness (QED) is 0.610. The van der Waals surface area contributed by atoms with Crippen molar-refractivity contribution >= 4 is 5.91 Å². The number of amides is 1. The first-order chi connectivity index (χ1) is 10.2. The van der Waals surface area contributed by atoms with Crippen molar-refractivity contribution in [2.75, 3.05) is 19.6 Å². The van der Waals surface area contributed by atoms with Crippen LogP contribution < -0.4 is 11.1 Å². The number of hydrogen-bond acceptors (Lipinski definition) is 3. The van der Waals surface area contributed by atoms with Gasteiger partial charge in [-0.05, 0) is 39.2 Å². The molecule has 1 fully saturated rings. The Labute approximate surface area is 130 Å². The first kappa shape index (κ1) is 18.4. The van der Waals surface area contributed by atoms with E-state index in [1.54, 1.807) is 0 Å². The Bertz CT molecular complexity index is 277. The van der Waals surface area contributed by atoms with Gasteiger partial charge in [-0.15, -0.1) is 0 Å². The summed E-state index contributed by atoms with van der Waals surface area (Å²) in [6, 6.07) is 0.544. The van der Waals surface area contributed by atoms with E-state index < -0.39 is 0 Å². The highest BCUT2D eigenvalue weighted by Gasteiger charge is 2.28. The molecular formula is C17H35N3O. The van der Waals surface area contributed by atoms with E-state index in [4.69, 9.17) is 5.73 Å². The van der Waals surface area contributed by atoms with Gasteiger partial charge in [0.05, 0.1) is 6.04 Å². The minimum absolute atomic E-state index is 0.0266. The van der Waals surface area contributed by atoms with Gasteiger partial charge < -0.3 is 11.1 Å². The lowest BCUT2D eigenvalue weighted by atomic mass is 9.93. The van der Waals surface area contributed by atoms with Gasteiger partial charge in [0.1, 0.15) is 0 Å². The molecule has 4 nitrogen and oxygen atoms in total. The second-order valence-corrected chi connectivity index (χ2v) is 6.35. The molecule has 0 bridgehead atoms.